The van der Waals surface area contributed by atoms with E-state index in [0.717, 1.165) is 36.4 Å². The van der Waals surface area contributed by atoms with Gasteiger partial charge < -0.3 is 10.1 Å². The number of rotatable bonds is 7. The molecule has 0 aliphatic carbocycles. The largest absolute Gasteiger partial charge is 0.496 e. The van der Waals surface area contributed by atoms with Crippen LogP contribution in [0, 0.1) is 0 Å². The highest BCUT2D eigenvalue weighted by molar-refractivity contribution is 7.05. The van der Waals surface area contributed by atoms with Crippen LogP contribution in [0.15, 0.2) is 24.3 Å². The van der Waals surface area contributed by atoms with Crippen LogP contribution in [-0.4, -0.2) is 23.2 Å². The van der Waals surface area contributed by atoms with Gasteiger partial charge in [-0.15, -0.1) is 5.10 Å². The van der Waals surface area contributed by atoms with Gasteiger partial charge in [0.25, 0.3) is 0 Å². The highest BCUT2D eigenvalue weighted by Gasteiger charge is 2.22. The Kier molecular flexibility index (Phi) is 5.49. The highest BCUT2D eigenvalue weighted by atomic mass is 32.1. The van der Waals surface area contributed by atoms with Crippen molar-refractivity contribution in [2.24, 2.45) is 0 Å². The lowest BCUT2D eigenvalue weighted by Gasteiger charge is -2.20. The summed E-state index contributed by atoms with van der Waals surface area (Å²) in [6, 6.07) is 8.21. The second-order valence-electron chi connectivity index (χ2n) is 4.57. The van der Waals surface area contributed by atoms with Crippen LogP contribution in [0.25, 0.3) is 0 Å². The van der Waals surface area contributed by atoms with E-state index in [9.17, 15) is 0 Å². The first-order valence-corrected chi connectivity index (χ1v) is 7.76. The van der Waals surface area contributed by atoms with Gasteiger partial charge in [0, 0.05) is 5.56 Å². The Morgan fingerprint density at radius 1 is 1.30 bits per heavy atom. The molecule has 108 valence electrons. The molecular weight excluding hydrogens is 270 g/mol. The summed E-state index contributed by atoms with van der Waals surface area (Å²) in [6.07, 6.45) is 2.03. The van der Waals surface area contributed by atoms with Crippen molar-refractivity contribution in [2.45, 2.75) is 32.7 Å². The van der Waals surface area contributed by atoms with Crippen LogP contribution in [0.2, 0.25) is 0 Å². The number of nitrogens with zero attached hydrogens (tertiary/aromatic N) is 2. The summed E-state index contributed by atoms with van der Waals surface area (Å²) < 4.78 is 9.63. The number of para-hydroxylation sites is 1. The minimum Gasteiger partial charge on any atom is -0.496 e. The van der Waals surface area contributed by atoms with Crippen molar-refractivity contribution in [3.63, 3.8) is 0 Å². The monoisotopic (exact) mass is 291 g/mol. The third kappa shape index (κ3) is 3.16. The van der Waals surface area contributed by atoms with Gasteiger partial charge >= 0.3 is 0 Å². The van der Waals surface area contributed by atoms with Gasteiger partial charge in [0.05, 0.1) is 23.7 Å². The zero-order valence-corrected chi connectivity index (χ0v) is 13.0. The van der Waals surface area contributed by atoms with E-state index in [1.54, 1.807) is 7.11 Å². The lowest BCUT2D eigenvalue weighted by Crippen LogP contribution is -2.22. The Morgan fingerprint density at radius 2 is 2.10 bits per heavy atom. The molecule has 1 aromatic heterocycles. The molecule has 5 heteroatoms. The number of ether oxygens (including phenoxy) is 1. The molecule has 1 unspecified atom stereocenters. The normalized spacial score (nSPS) is 12.3. The molecule has 2 aromatic rings. The zero-order chi connectivity index (χ0) is 14.4. The first kappa shape index (κ1) is 14.9. The molecular formula is C15H21N3OS. The SMILES string of the molecule is CCCc1nnsc1C(NCC)c1ccccc1OC. The van der Waals surface area contributed by atoms with Crippen LogP contribution in [0.1, 0.15) is 42.4 Å². The minimum absolute atomic E-state index is 0.0951. The van der Waals surface area contributed by atoms with E-state index in [-0.39, 0.29) is 6.04 Å². The number of nitrogens with one attached hydrogen (secondary N) is 1. The summed E-state index contributed by atoms with van der Waals surface area (Å²) >= 11 is 1.47. The molecule has 1 N–H and O–H groups in total. The predicted molar refractivity (Wildman–Crippen MR) is 82.4 cm³/mol. The number of hydrogen-bond donors (Lipinski definition) is 1. The molecule has 0 amide bonds. The van der Waals surface area contributed by atoms with Crippen molar-refractivity contribution < 1.29 is 4.74 Å². The quantitative estimate of drug-likeness (QED) is 0.851. The molecule has 0 radical (unpaired) electrons. The predicted octanol–water partition coefficient (Wildman–Crippen LogP) is 3.20. The summed E-state index contributed by atoms with van der Waals surface area (Å²) in [5, 5.41) is 7.80. The van der Waals surface area contributed by atoms with Crippen molar-refractivity contribution in [3.05, 3.63) is 40.4 Å². The third-order valence-corrected chi connectivity index (χ3v) is 4.02. The molecule has 0 saturated carbocycles. The van der Waals surface area contributed by atoms with Crippen molar-refractivity contribution in [1.29, 1.82) is 0 Å². The number of methoxy groups -OCH3 is 1. The van der Waals surface area contributed by atoms with Gasteiger partial charge in [0.2, 0.25) is 0 Å². The van der Waals surface area contributed by atoms with Crippen molar-refractivity contribution in [1.82, 2.24) is 14.9 Å². The Labute approximate surface area is 124 Å². The van der Waals surface area contributed by atoms with Gasteiger partial charge in [-0.3, -0.25) is 0 Å². The first-order chi connectivity index (χ1) is 9.81. The van der Waals surface area contributed by atoms with Crippen LogP contribution >= 0.6 is 11.5 Å². The molecule has 1 heterocycles. The molecule has 1 atom stereocenters. The maximum Gasteiger partial charge on any atom is 0.124 e. The lowest BCUT2D eigenvalue weighted by atomic mass is 10.0. The lowest BCUT2D eigenvalue weighted by molar-refractivity contribution is 0.404. The second kappa shape index (κ2) is 7.36. The fraction of sp³-hybridized carbons (Fsp3) is 0.467. The van der Waals surface area contributed by atoms with Crippen LogP contribution < -0.4 is 10.1 Å². The van der Waals surface area contributed by atoms with E-state index in [2.05, 4.69) is 34.8 Å². The Hall–Kier alpha value is -1.46. The molecule has 0 bridgehead atoms. The molecule has 0 aliphatic rings. The van der Waals surface area contributed by atoms with Crippen molar-refractivity contribution in [3.8, 4) is 5.75 Å². The Bertz CT molecular complexity index is 541. The van der Waals surface area contributed by atoms with E-state index in [1.165, 1.54) is 16.4 Å². The third-order valence-electron chi connectivity index (χ3n) is 3.19. The van der Waals surface area contributed by atoms with E-state index in [1.807, 2.05) is 18.2 Å². The molecule has 1 aromatic carbocycles. The average molecular weight is 291 g/mol. The van der Waals surface area contributed by atoms with Crippen LogP contribution in [0.3, 0.4) is 0 Å². The standard InChI is InChI=1S/C15H21N3OS/c1-4-8-12-15(20-18-17-12)14(16-5-2)11-9-6-7-10-13(11)19-3/h6-7,9-10,14,16H,4-5,8H2,1-3H3. The summed E-state index contributed by atoms with van der Waals surface area (Å²) in [5.74, 6) is 0.897. The molecule has 20 heavy (non-hydrogen) atoms. The van der Waals surface area contributed by atoms with Gasteiger partial charge in [0.15, 0.2) is 0 Å². The van der Waals surface area contributed by atoms with E-state index >= 15 is 0 Å². The van der Waals surface area contributed by atoms with Crippen molar-refractivity contribution >= 4 is 11.5 Å². The number of aryl methyl sites for hydroxylation is 1. The van der Waals surface area contributed by atoms with Gasteiger partial charge in [-0.1, -0.05) is 43.0 Å². The highest BCUT2D eigenvalue weighted by Crippen LogP contribution is 2.33. The van der Waals surface area contributed by atoms with Crippen LogP contribution in [0.5, 0.6) is 5.75 Å². The van der Waals surface area contributed by atoms with E-state index < -0.39 is 0 Å². The van der Waals surface area contributed by atoms with Gasteiger partial charge in [-0.25, -0.2) is 0 Å². The Morgan fingerprint density at radius 3 is 2.80 bits per heavy atom. The zero-order valence-electron chi connectivity index (χ0n) is 12.2. The molecule has 2 rings (SSSR count). The van der Waals surface area contributed by atoms with E-state index in [0.29, 0.717) is 0 Å². The molecule has 0 aliphatic heterocycles. The summed E-state index contributed by atoms with van der Waals surface area (Å²) in [5.41, 5.74) is 2.23. The average Bonchev–Trinajstić information content (AvgIpc) is 2.93. The molecule has 0 saturated heterocycles. The molecule has 4 nitrogen and oxygen atoms in total. The summed E-state index contributed by atoms with van der Waals surface area (Å²) in [7, 11) is 1.71. The molecule has 0 spiro atoms. The van der Waals surface area contributed by atoms with Gasteiger partial charge in [0.1, 0.15) is 5.75 Å². The second-order valence-corrected chi connectivity index (χ2v) is 5.35. The fourth-order valence-electron chi connectivity index (χ4n) is 2.30. The summed E-state index contributed by atoms with van der Waals surface area (Å²) in [4.78, 5) is 1.19. The number of aromatic nitrogens is 2. The summed E-state index contributed by atoms with van der Waals surface area (Å²) in [6.45, 7) is 5.15. The smallest absolute Gasteiger partial charge is 0.124 e. The minimum atomic E-state index is 0.0951. The topological polar surface area (TPSA) is 47.0 Å². The Balaban J connectivity index is 2.42. The maximum absolute atomic E-state index is 5.49. The van der Waals surface area contributed by atoms with Crippen LogP contribution in [-0.2, 0) is 6.42 Å². The van der Waals surface area contributed by atoms with Gasteiger partial charge in [-0.05, 0) is 30.6 Å². The first-order valence-electron chi connectivity index (χ1n) is 6.99. The molecule has 0 fully saturated rings. The number of benzene rings is 1. The van der Waals surface area contributed by atoms with E-state index in [4.69, 9.17) is 4.74 Å². The van der Waals surface area contributed by atoms with Gasteiger partial charge in [-0.2, -0.15) is 0 Å². The van der Waals surface area contributed by atoms with Crippen molar-refractivity contribution in [2.75, 3.05) is 13.7 Å². The fourth-order valence-corrected chi connectivity index (χ4v) is 3.09. The van der Waals surface area contributed by atoms with Crippen LogP contribution in [0.4, 0.5) is 0 Å². The number of hydrogen-bond acceptors (Lipinski definition) is 5. The maximum atomic E-state index is 5.49.